The number of benzene rings is 2. The number of morpholine rings is 1. The van der Waals surface area contributed by atoms with Crippen molar-refractivity contribution in [2.45, 2.75) is 50.7 Å². The lowest BCUT2D eigenvalue weighted by atomic mass is 10.0. The SMILES string of the molecule is CC(O)CN1CCC(Nc2cccc3c(CC(F)(F)F)c(C#CCNc4cc(F)c(N5CCOCC5)cc4OCC(F)(F)F)sc23)CC1. The summed E-state index contributed by atoms with van der Waals surface area (Å²) in [5.41, 5.74) is 0.758. The van der Waals surface area contributed by atoms with E-state index in [-0.39, 0.29) is 40.2 Å². The molecule has 2 saturated heterocycles. The number of β-amino-alcohol motifs (C(OH)–C–C–N with tert-alkyl or cyclic N) is 1. The summed E-state index contributed by atoms with van der Waals surface area (Å²) in [4.78, 5) is 4.04. The second-order valence-electron chi connectivity index (χ2n) is 11.9. The van der Waals surface area contributed by atoms with Gasteiger partial charge in [-0.05, 0) is 36.8 Å². The van der Waals surface area contributed by atoms with Crippen LogP contribution in [0.3, 0.4) is 0 Å². The molecule has 48 heavy (non-hydrogen) atoms. The predicted octanol–water partition coefficient (Wildman–Crippen LogP) is 6.64. The summed E-state index contributed by atoms with van der Waals surface area (Å²) < 4.78 is 106. The van der Waals surface area contributed by atoms with Gasteiger partial charge >= 0.3 is 12.4 Å². The van der Waals surface area contributed by atoms with Crippen LogP contribution in [0.25, 0.3) is 10.1 Å². The molecule has 0 aliphatic carbocycles. The minimum absolute atomic E-state index is 0.0421. The van der Waals surface area contributed by atoms with E-state index < -0.39 is 37.3 Å². The Hall–Kier alpha value is -3.45. The van der Waals surface area contributed by atoms with Gasteiger partial charge < -0.3 is 35.0 Å². The number of nitrogens with zero attached hydrogens (tertiary/aromatic N) is 2. The first-order chi connectivity index (χ1) is 22.8. The van der Waals surface area contributed by atoms with Crippen LogP contribution in [0.5, 0.6) is 5.75 Å². The van der Waals surface area contributed by atoms with E-state index in [1.165, 1.54) is 6.07 Å². The number of anilines is 3. The summed E-state index contributed by atoms with van der Waals surface area (Å²) in [7, 11) is 0. The molecule has 2 fully saturated rings. The first-order valence-corrected chi connectivity index (χ1v) is 16.4. The van der Waals surface area contributed by atoms with Crippen molar-refractivity contribution in [1.82, 2.24) is 4.90 Å². The molecular weight excluding hydrogens is 665 g/mol. The van der Waals surface area contributed by atoms with E-state index >= 15 is 4.39 Å². The first-order valence-electron chi connectivity index (χ1n) is 15.6. The molecule has 3 aromatic rings. The predicted molar refractivity (Wildman–Crippen MR) is 173 cm³/mol. The fraction of sp³-hybridized carbons (Fsp3) is 0.515. The zero-order valence-electron chi connectivity index (χ0n) is 26.2. The number of rotatable bonds is 10. The number of fused-ring (bicyclic) bond motifs is 1. The average molecular weight is 703 g/mol. The van der Waals surface area contributed by atoms with Crippen molar-refractivity contribution in [2.75, 3.05) is 74.6 Å². The quantitative estimate of drug-likeness (QED) is 0.162. The molecular formula is C33H37F7N4O3S. The largest absolute Gasteiger partial charge is 0.482 e. The number of likely N-dealkylation sites (tertiary alicyclic amines) is 1. The normalized spacial score (nSPS) is 17.2. The Bertz CT molecular complexity index is 1600. The lowest BCUT2D eigenvalue weighted by Gasteiger charge is -2.33. The summed E-state index contributed by atoms with van der Waals surface area (Å²) in [6, 6.07) is 7.50. The first kappa shape index (κ1) is 35.8. The molecule has 0 saturated carbocycles. The van der Waals surface area contributed by atoms with Crippen LogP contribution in [0.2, 0.25) is 0 Å². The lowest BCUT2D eigenvalue weighted by molar-refractivity contribution is -0.153. The van der Waals surface area contributed by atoms with Crippen molar-refractivity contribution < 1.29 is 45.3 Å². The van der Waals surface area contributed by atoms with Crippen LogP contribution in [0.4, 0.5) is 47.8 Å². The van der Waals surface area contributed by atoms with Gasteiger partial charge in [0, 0.05) is 50.9 Å². The summed E-state index contributed by atoms with van der Waals surface area (Å²) in [6.07, 6.45) is -9.12. The van der Waals surface area contributed by atoms with E-state index in [0.717, 1.165) is 43.3 Å². The standard InChI is InChI=1S/C33H37F7N4O3S/c1-21(45)19-43-10-7-22(8-11-43)42-26-5-2-4-23-24(18-32(35,36)37)30(48-31(23)26)6-3-9-41-27-16-25(34)28(44-12-14-46-15-13-44)17-29(27)47-20-33(38,39)40/h2,4-5,16-17,21-22,41-42,45H,7-15,18-20H2,1H3. The summed E-state index contributed by atoms with van der Waals surface area (Å²) in [5.74, 6) is 4.66. The second kappa shape index (κ2) is 15.4. The van der Waals surface area contributed by atoms with E-state index in [1.54, 1.807) is 24.0 Å². The summed E-state index contributed by atoms with van der Waals surface area (Å²) in [5, 5.41) is 16.4. The Labute approximate surface area is 278 Å². The van der Waals surface area contributed by atoms with Gasteiger partial charge in [0.25, 0.3) is 0 Å². The number of hydrogen-bond donors (Lipinski definition) is 3. The fourth-order valence-electron chi connectivity index (χ4n) is 5.88. The van der Waals surface area contributed by atoms with Crippen molar-refractivity contribution >= 4 is 38.5 Å². The van der Waals surface area contributed by atoms with Crippen LogP contribution in [0, 0.1) is 17.7 Å². The minimum atomic E-state index is -4.63. The molecule has 5 rings (SSSR count). The highest BCUT2D eigenvalue weighted by Gasteiger charge is 2.32. The topological polar surface area (TPSA) is 69.2 Å². The van der Waals surface area contributed by atoms with Gasteiger partial charge in [0.2, 0.25) is 0 Å². The van der Waals surface area contributed by atoms with Crippen LogP contribution in [-0.4, -0.2) is 93.6 Å². The highest BCUT2D eigenvalue weighted by atomic mass is 32.1. The molecule has 7 nitrogen and oxygen atoms in total. The van der Waals surface area contributed by atoms with Gasteiger partial charge in [-0.25, -0.2) is 4.39 Å². The Kier molecular flexibility index (Phi) is 11.5. The zero-order valence-corrected chi connectivity index (χ0v) is 27.1. The fourth-order valence-corrected chi connectivity index (χ4v) is 7.06. The number of ether oxygens (including phenoxy) is 2. The number of halogens is 7. The molecule has 1 atom stereocenters. The van der Waals surface area contributed by atoms with Crippen molar-refractivity contribution in [3.8, 4) is 17.6 Å². The molecule has 0 bridgehead atoms. The van der Waals surface area contributed by atoms with Gasteiger partial charge in [-0.3, -0.25) is 0 Å². The minimum Gasteiger partial charge on any atom is -0.482 e. The van der Waals surface area contributed by atoms with Gasteiger partial charge in [-0.1, -0.05) is 24.0 Å². The second-order valence-corrected chi connectivity index (χ2v) is 12.9. The third-order valence-corrected chi connectivity index (χ3v) is 9.22. The Morgan fingerprint density at radius 1 is 1.04 bits per heavy atom. The number of thiophene rings is 1. The lowest BCUT2D eigenvalue weighted by Crippen LogP contribution is -2.41. The zero-order chi connectivity index (χ0) is 34.5. The Morgan fingerprint density at radius 2 is 1.77 bits per heavy atom. The Balaban J connectivity index is 1.36. The highest BCUT2D eigenvalue weighted by molar-refractivity contribution is 7.20. The molecule has 1 aromatic heterocycles. The van der Waals surface area contributed by atoms with E-state index in [9.17, 15) is 31.4 Å². The van der Waals surface area contributed by atoms with Gasteiger partial charge in [0.05, 0.1) is 58.9 Å². The maximum atomic E-state index is 15.1. The molecule has 262 valence electrons. The van der Waals surface area contributed by atoms with E-state index in [2.05, 4.69) is 27.4 Å². The highest BCUT2D eigenvalue weighted by Crippen LogP contribution is 2.40. The van der Waals surface area contributed by atoms with E-state index in [4.69, 9.17) is 9.47 Å². The molecule has 2 aliphatic heterocycles. The molecule has 0 radical (unpaired) electrons. The van der Waals surface area contributed by atoms with Gasteiger partial charge in [0.15, 0.2) is 6.61 Å². The van der Waals surface area contributed by atoms with Crippen molar-refractivity contribution in [1.29, 1.82) is 0 Å². The van der Waals surface area contributed by atoms with Crippen LogP contribution in [0.1, 0.15) is 30.2 Å². The van der Waals surface area contributed by atoms with Gasteiger partial charge in [-0.2, -0.15) is 26.3 Å². The van der Waals surface area contributed by atoms with Crippen LogP contribution in [-0.2, 0) is 11.2 Å². The molecule has 2 aliphatic rings. The smallest absolute Gasteiger partial charge is 0.422 e. The molecule has 0 amide bonds. The third-order valence-electron chi connectivity index (χ3n) is 8.03. The molecule has 2 aromatic carbocycles. The van der Waals surface area contributed by atoms with Crippen LogP contribution in [0.15, 0.2) is 30.3 Å². The van der Waals surface area contributed by atoms with E-state index in [0.29, 0.717) is 48.6 Å². The molecule has 3 heterocycles. The van der Waals surface area contributed by atoms with Crippen molar-refractivity contribution in [3.05, 3.63) is 46.6 Å². The number of alkyl halides is 6. The number of aliphatic hydroxyl groups is 1. The molecule has 15 heteroatoms. The van der Waals surface area contributed by atoms with Crippen molar-refractivity contribution in [2.24, 2.45) is 0 Å². The molecule has 1 unspecified atom stereocenters. The van der Waals surface area contributed by atoms with Crippen LogP contribution < -0.4 is 20.3 Å². The maximum Gasteiger partial charge on any atom is 0.422 e. The van der Waals surface area contributed by atoms with Gasteiger partial charge in [0.1, 0.15) is 11.6 Å². The number of aliphatic hydroxyl groups excluding tert-OH is 1. The van der Waals surface area contributed by atoms with Crippen LogP contribution >= 0.6 is 11.3 Å². The van der Waals surface area contributed by atoms with Gasteiger partial charge in [-0.15, -0.1) is 11.3 Å². The Morgan fingerprint density at radius 3 is 2.44 bits per heavy atom. The maximum absolute atomic E-state index is 15.1. The third kappa shape index (κ3) is 9.81. The average Bonchev–Trinajstić information content (AvgIpc) is 3.36. The summed E-state index contributed by atoms with van der Waals surface area (Å²) >= 11 is 1.14. The van der Waals surface area contributed by atoms with Crippen molar-refractivity contribution in [3.63, 3.8) is 0 Å². The molecule has 0 spiro atoms. The number of hydrogen-bond acceptors (Lipinski definition) is 8. The van der Waals surface area contributed by atoms with E-state index in [1.807, 2.05) is 6.07 Å². The monoisotopic (exact) mass is 702 g/mol. The molecule has 3 N–H and O–H groups in total. The number of piperidine rings is 1. The summed E-state index contributed by atoms with van der Waals surface area (Å²) in [6.45, 7) is 3.48. The number of nitrogens with one attached hydrogen (secondary N) is 2.